The van der Waals surface area contributed by atoms with Gasteiger partial charge in [-0.25, -0.2) is 9.18 Å². The largest absolute Gasteiger partial charge is 0.463 e. The van der Waals surface area contributed by atoms with Gasteiger partial charge in [0.15, 0.2) is 0 Å². The molecule has 1 aromatic carbocycles. The van der Waals surface area contributed by atoms with Gasteiger partial charge in [-0.05, 0) is 24.6 Å². The summed E-state index contributed by atoms with van der Waals surface area (Å²) in [6.45, 7) is 5.33. The molecule has 0 amide bonds. The zero-order valence-corrected chi connectivity index (χ0v) is 8.94. The van der Waals surface area contributed by atoms with Crippen molar-refractivity contribution in [2.24, 2.45) is 0 Å². The number of benzene rings is 1. The smallest absolute Gasteiger partial charge is 0.336 e. The van der Waals surface area contributed by atoms with E-state index in [9.17, 15) is 14.3 Å². The Balaban J connectivity index is 2.77. The fraction of sp³-hybridized carbons (Fsp3) is 0.250. The summed E-state index contributed by atoms with van der Waals surface area (Å²) >= 11 is 0. The number of hydrogen-bond acceptors (Lipinski definition) is 3. The molecule has 1 aromatic rings. The fourth-order valence-electron chi connectivity index (χ4n) is 1.18. The van der Waals surface area contributed by atoms with Crippen molar-refractivity contribution in [2.75, 3.05) is 6.61 Å². The third-order valence-electron chi connectivity index (χ3n) is 2.05. The van der Waals surface area contributed by atoms with E-state index >= 15 is 0 Å². The van der Waals surface area contributed by atoms with E-state index in [1.807, 2.05) is 0 Å². The van der Waals surface area contributed by atoms with E-state index in [1.54, 1.807) is 6.92 Å². The molecule has 0 fully saturated rings. The van der Waals surface area contributed by atoms with Crippen molar-refractivity contribution >= 4 is 5.97 Å². The Kier molecular flexibility index (Phi) is 4.19. The van der Waals surface area contributed by atoms with Crippen molar-refractivity contribution < 1.29 is 19.0 Å². The van der Waals surface area contributed by atoms with Crippen LogP contribution in [0.15, 0.2) is 36.4 Å². The summed E-state index contributed by atoms with van der Waals surface area (Å²) in [6.07, 6.45) is -1.17. The highest BCUT2D eigenvalue weighted by Crippen LogP contribution is 2.21. The Morgan fingerprint density at radius 2 is 2.06 bits per heavy atom. The quantitative estimate of drug-likeness (QED) is 0.628. The van der Waals surface area contributed by atoms with Crippen LogP contribution in [-0.4, -0.2) is 17.7 Å². The molecular weight excluding hydrogens is 211 g/mol. The molecule has 0 aliphatic carbocycles. The zero-order chi connectivity index (χ0) is 12.1. The van der Waals surface area contributed by atoms with Crippen LogP contribution in [-0.2, 0) is 9.53 Å². The molecule has 0 unspecified atom stereocenters. The molecule has 0 heterocycles. The number of esters is 1. The molecule has 1 rings (SSSR count). The van der Waals surface area contributed by atoms with Crippen LogP contribution in [0, 0.1) is 5.82 Å². The Morgan fingerprint density at radius 1 is 1.50 bits per heavy atom. The van der Waals surface area contributed by atoms with Crippen molar-refractivity contribution in [1.29, 1.82) is 0 Å². The van der Waals surface area contributed by atoms with Crippen LogP contribution in [0.1, 0.15) is 18.6 Å². The predicted molar refractivity (Wildman–Crippen MR) is 57.1 cm³/mol. The van der Waals surface area contributed by atoms with Crippen LogP contribution in [0.5, 0.6) is 0 Å². The molecule has 0 aromatic heterocycles. The van der Waals surface area contributed by atoms with Gasteiger partial charge >= 0.3 is 5.97 Å². The lowest BCUT2D eigenvalue weighted by Crippen LogP contribution is -2.13. The summed E-state index contributed by atoms with van der Waals surface area (Å²) < 4.78 is 17.3. The summed E-state index contributed by atoms with van der Waals surface area (Å²) in [5.41, 5.74) is 0.341. The first kappa shape index (κ1) is 12.4. The van der Waals surface area contributed by atoms with Gasteiger partial charge < -0.3 is 9.84 Å². The first-order valence-electron chi connectivity index (χ1n) is 4.85. The molecule has 0 spiro atoms. The molecule has 0 saturated heterocycles. The molecule has 0 aliphatic rings. The second-order valence-corrected chi connectivity index (χ2v) is 3.20. The number of carbonyl (C=O) groups excluding carboxylic acids is 1. The van der Waals surface area contributed by atoms with E-state index in [-0.39, 0.29) is 12.2 Å². The van der Waals surface area contributed by atoms with Crippen molar-refractivity contribution in [1.82, 2.24) is 0 Å². The molecule has 3 nitrogen and oxygen atoms in total. The molecule has 1 atom stereocenters. The molecule has 0 saturated carbocycles. The Labute approximate surface area is 93.2 Å². The van der Waals surface area contributed by atoms with Gasteiger partial charge in [0.25, 0.3) is 0 Å². The van der Waals surface area contributed by atoms with Crippen molar-refractivity contribution in [2.45, 2.75) is 13.0 Å². The number of aliphatic hydroxyl groups excluding tert-OH is 1. The van der Waals surface area contributed by atoms with Crippen LogP contribution < -0.4 is 0 Å². The van der Waals surface area contributed by atoms with Gasteiger partial charge in [0.05, 0.1) is 12.2 Å². The first-order chi connectivity index (χ1) is 7.56. The second-order valence-electron chi connectivity index (χ2n) is 3.20. The SMILES string of the molecule is C=C(C(=O)OCC)[C@H](O)c1ccc(F)cc1. The predicted octanol–water partition coefficient (Wildman–Crippen LogP) is 1.98. The van der Waals surface area contributed by atoms with Gasteiger partial charge in [-0.3, -0.25) is 0 Å². The minimum atomic E-state index is -1.17. The van der Waals surface area contributed by atoms with Gasteiger partial charge in [-0.1, -0.05) is 18.7 Å². The topological polar surface area (TPSA) is 46.5 Å². The maximum absolute atomic E-state index is 12.6. The molecule has 4 heteroatoms. The average molecular weight is 224 g/mol. The van der Waals surface area contributed by atoms with Crippen LogP contribution >= 0.6 is 0 Å². The lowest BCUT2D eigenvalue weighted by Gasteiger charge is -2.12. The number of ether oxygens (including phenoxy) is 1. The second kappa shape index (κ2) is 5.42. The molecule has 0 aliphatic heterocycles. The number of aliphatic hydroxyl groups is 1. The van der Waals surface area contributed by atoms with Crippen LogP contribution in [0.3, 0.4) is 0 Å². The van der Waals surface area contributed by atoms with E-state index in [1.165, 1.54) is 24.3 Å². The highest BCUT2D eigenvalue weighted by Gasteiger charge is 2.19. The highest BCUT2D eigenvalue weighted by atomic mass is 19.1. The normalized spacial score (nSPS) is 11.9. The van der Waals surface area contributed by atoms with Crippen molar-refractivity contribution in [3.8, 4) is 0 Å². The molecule has 86 valence electrons. The highest BCUT2D eigenvalue weighted by molar-refractivity contribution is 5.89. The van der Waals surface area contributed by atoms with Crippen LogP contribution in [0.25, 0.3) is 0 Å². The van der Waals surface area contributed by atoms with Gasteiger partial charge in [0.2, 0.25) is 0 Å². The zero-order valence-electron chi connectivity index (χ0n) is 8.94. The minimum Gasteiger partial charge on any atom is -0.463 e. The van der Waals surface area contributed by atoms with Gasteiger partial charge in [-0.2, -0.15) is 0 Å². The van der Waals surface area contributed by atoms with Crippen LogP contribution in [0.4, 0.5) is 4.39 Å². The Bertz CT molecular complexity index is 384. The number of hydrogen-bond donors (Lipinski definition) is 1. The van der Waals surface area contributed by atoms with Crippen molar-refractivity contribution in [3.05, 3.63) is 47.8 Å². The molecule has 0 radical (unpaired) electrons. The lowest BCUT2D eigenvalue weighted by atomic mass is 10.0. The van der Waals surface area contributed by atoms with Crippen LogP contribution in [0.2, 0.25) is 0 Å². The van der Waals surface area contributed by atoms with Crippen molar-refractivity contribution in [3.63, 3.8) is 0 Å². The summed E-state index contributed by atoms with van der Waals surface area (Å²) in [4.78, 5) is 11.3. The number of carbonyl (C=O) groups is 1. The van der Waals surface area contributed by atoms with E-state index in [2.05, 4.69) is 6.58 Å². The molecule has 16 heavy (non-hydrogen) atoms. The first-order valence-corrected chi connectivity index (χ1v) is 4.85. The molecule has 0 bridgehead atoms. The Hall–Kier alpha value is -1.68. The third-order valence-corrected chi connectivity index (χ3v) is 2.05. The lowest BCUT2D eigenvalue weighted by molar-refractivity contribution is -0.139. The fourth-order valence-corrected chi connectivity index (χ4v) is 1.18. The maximum Gasteiger partial charge on any atom is 0.336 e. The summed E-state index contributed by atoms with van der Waals surface area (Å²) in [5, 5.41) is 9.75. The minimum absolute atomic E-state index is 0.0616. The standard InChI is InChI=1S/C12H13FO3/c1-3-16-12(15)8(2)11(14)9-4-6-10(13)7-5-9/h4-7,11,14H,2-3H2,1H3/t11-/m0/s1. The van der Waals surface area contributed by atoms with Gasteiger partial charge in [-0.15, -0.1) is 0 Å². The van der Waals surface area contributed by atoms with E-state index in [0.717, 1.165) is 0 Å². The number of halogens is 1. The average Bonchev–Trinajstić information content (AvgIpc) is 2.28. The van der Waals surface area contributed by atoms with E-state index in [4.69, 9.17) is 4.74 Å². The summed E-state index contributed by atoms with van der Waals surface area (Å²) in [6, 6.07) is 5.20. The molecule has 1 N–H and O–H groups in total. The monoisotopic (exact) mass is 224 g/mol. The molecular formula is C12H13FO3. The maximum atomic E-state index is 12.6. The van der Waals surface area contributed by atoms with E-state index < -0.39 is 17.9 Å². The third kappa shape index (κ3) is 2.90. The number of rotatable bonds is 4. The summed E-state index contributed by atoms with van der Waals surface area (Å²) in [7, 11) is 0. The Morgan fingerprint density at radius 3 is 2.56 bits per heavy atom. The van der Waals surface area contributed by atoms with Gasteiger partial charge in [0, 0.05) is 0 Å². The summed E-state index contributed by atoms with van der Waals surface area (Å²) in [5.74, 6) is -1.06. The van der Waals surface area contributed by atoms with Gasteiger partial charge in [0.1, 0.15) is 11.9 Å². The van der Waals surface area contributed by atoms with E-state index in [0.29, 0.717) is 5.56 Å².